The van der Waals surface area contributed by atoms with Gasteiger partial charge in [0.1, 0.15) is 12.4 Å². The highest BCUT2D eigenvalue weighted by Gasteiger charge is 2.51. The van der Waals surface area contributed by atoms with Gasteiger partial charge in [0, 0.05) is 18.9 Å². The van der Waals surface area contributed by atoms with Crippen LogP contribution in [0.5, 0.6) is 5.75 Å². The number of rotatable bonds is 7. The third kappa shape index (κ3) is 4.63. The third-order valence-corrected chi connectivity index (χ3v) is 4.46. The van der Waals surface area contributed by atoms with Crippen molar-refractivity contribution in [1.29, 1.82) is 0 Å². The van der Waals surface area contributed by atoms with Crippen molar-refractivity contribution in [2.45, 2.75) is 38.9 Å². The first-order chi connectivity index (χ1) is 11.7. The summed E-state index contributed by atoms with van der Waals surface area (Å²) in [4.78, 5) is 11.6. The molecule has 1 aromatic carbocycles. The maximum atomic E-state index is 11.6. The van der Waals surface area contributed by atoms with Crippen LogP contribution in [-0.4, -0.2) is 44.6 Å². The number of ether oxygens (including phenoxy) is 2. The zero-order chi connectivity index (χ0) is 18.7. The summed E-state index contributed by atoms with van der Waals surface area (Å²) in [6.07, 6.45) is 1.22. The largest absolute Gasteiger partial charge is 0.495 e. The van der Waals surface area contributed by atoms with Gasteiger partial charge in [-0.15, -0.1) is 0 Å². The first-order valence-electron chi connectivity index (χ1n) is 8.24. The normalized spacial score (nSPS) is 18.0. The Morgan fingerprint density at radius 3 is 2.40 bits per heavy atom. The monoisotopic (exact) mass is 347 g/mol. The number of carbonyl (C=O) groups excluding carboxylic acids is 1. The molecule has 0 spiro atoms. The van der Waals surface area contributed by atoms with Crippen molar-refractivity contribution in [3.63, 3.8) is 0 Å². The number of benzene rings is 1. The van der Waals surface area contributed by atoms with Gasteiger partial charge in [-0.1, -0.05) is 6.58 Å². The van der Waals surface area contributed by atoms with E-state index in [0.717, 1.165) is 5.46 Å². The number of anilines is 1. The molecule has 6 nitrogen and oxygen atoms in total. The molecule has 1 fully saturated rings. The number of carbonyl (C=O) groups is 1. The van der Waals surface area contributed by atoms with Crippen LogP contribution in [-0.2, 0) is 18.8 Å². The molecular weight excluding hydrogens is 321 g/mol. The van der Waals surface area contributed by atoms with Crippen LogP contribution in [0.3, 0.4) is 0 Å². The number of nitrogens with one attached hydrogen (secondary N) is 1. The fraction of sp³-hybridized carbons (Fsp3) is 0.500. The van der Waals surface area contributed by atoms with Gasteiger partial charge in [-0.2, -0.15) is 0 Å². The summed E-state index contributed by atoms with van der Waals surface area (Å²) < 4.78 is 22.9. The lowest BCUT2D eigenvalue weighted by Gasteiger charge is -2.32. The second-order valence-electron chi connectivity index (χ2n) is 6.91. The van der Waals surface area contributed by atoms with Gasteiger partial charge in [0.05, 0.1) is 17.8 Å². The maximum absolute atomic E-state index is 11.6. The van der Waals surface area contributed by atoms with Gasteiger partial charge in [-0.3, -0.25) is 4.79 Å². The Balaban J connectivity index is 2.29. The van der Waals surface area contributed by atoms with E-state index >= 15 is 0 Å². The molecule has 1 aromatic rings. The summed E-state index contributed by atoms with van der Waals surface area (Å²) >= 11 is 0. The summed E-state index contributed by atoms with van der Waals surface area (Å²) in [5, 5.41) is 2.75. The van der Waals surface area contributed by atoms with E-state index in [1.165, 1.54) is 6.08 Å². The average Bonchev–Trinajstić information content (AvgIpc) is 2.75. The minimum absolute atomic E-state index is 0.297. The van der Waals surface area contributed by atoms with Gasteiger partial charge >= 0.3 is 7.12 Å². The number of hydrogen-bond acceptors (Lipinski definition) is 5. The molecule has 0 unspecified atom stereocenters. The first-order valence-corrected chi connectivity index (χ1v) is 8.24. The molecule has 136 valence electrons. The highest BCUT2D eigenvalue weighted by atomic mass is 16.7. The fourth-order valence-corrected chi connectivity index (χ4v) is 2.33. The Hall–Kier alpha value is -1.83. The molecule has 0 bridgehead atoms. The molecule has 25 heavy (non-hydrogen) atoms. The maximum Gasteiger partial charge on any atom is 0.495 e. The van der Waals surface area contributed by atoms with E-state index in [1.807, 2.05) is 39.8 Å². The Bertz CT molecular complexity index is 628. The van der Waals surface area contributed by atoms with Gasteiger partial charge in [-0.25, -0.2) is 0 Å². The molecule has 1 amide bonds. The Morgan fingerprint density at radius 2 is 1.84 bits per heavy atom. The van der Waals surface area contributed by atoms with Crippen LogP contribution in [0.1, 0.15) is 27.7 Å². The molecule has 1 aliphatic heterocycles. The van der Waals surface area contributed by atoms with E-state index in [1.54, 1.807) is 13.2 Å². The highest BCUT2D eigenvalue weighted by molar-refractivity contribution is 6.62. The van der Waals surface area contributed by atoms with Crippen molar-refractivity contribution < 1.29 is 23.6 Å². The smallest absolute Gasteiger partial charge is 0.491 e. The van der Waals surface area contributed by atoms with Crippen molar-refractivity contribution in [3.8, 4) is 5.75 Å². The van der Waals surface area contributed by atoms with Crippen LogP contribution in [0, 0.1) is 0 Å². The minimum Gasteiger partial charge on any atom is -0.491 e. The van der Waals surface area contributed by atoms with Gasteiger partial charge in [0.15, 0.2) is 0 Å². The second-order valence-corrected chi connectivity index (χ2v) is 6.91. The molecule has 0 saturated carbocycles. The molecular formula is C18H26BNO5. The van der Waals surface area contributed by atoms with Gasteiger partial charge in [-0.05, 0) is 51.4 Å². The van der Waals surface area contributed by atoms with Gasteiger partial charge < -0.3 is 24.1 Å². The summed E-state index contributed by atoms with van der Waals surface area (Å²) in [5.41, 5.74) is 0.460. The fourth-order valence-electron chi connectivity index (χ4n) is 2.33. The lowest BCUT2D eigenvalue weighted by Crippen LogP contribution is -2.41. The van der Waals surface area contributed by atoms with Crippen molar-refractivity contribution >= 4 is 24.2 Å². The van der Waals surface area contributed by atoms with E-state index in [4.69, 9.17) is 18.8 Å². The van der Waals surface area contributed by atoms with Crippen LogP contribution in [0.15, 0.2) is 30.9 Å². The zero-order valence-corrected chi connectivity index (χ0v) is 15.5. The SMILES string of the molecule is C=CC(=O)Nc1cc(OCCOC)cc(B2OC(C)(C)C(C)(C)O2)c1. The predicted octanol–water partition coefficient (Wildman–Crippen LogP) is 2.14. The molecule has 7 heteroatoms. The quantitative estimate of drug-likeness (QED) is 0.465. The Morgan fingerprint density at radius 1 is 1.20 bits per heavy atom. The van der Waals surface area contributed by atoms with Crippen molar-refractivity contribution in [1.82, 2.24) is 0 Å². The highest BCUT2D eigenvalue weighted by Crippen LogP contribution is 2.36. The summed E-state index contributed by atoms with van der Waals surface area (Å²) in [6, 6.07) is 5.40. The molecule has 0 atom stereocenters. The van der Waals surface area contributed by atoms with Gasteiger partial charge in [0.2, 0.25) is 5.91 Å². The van der Waals surface area contributed by atoms with Crippen LogP contribution in [0.25, 0.3) is 0 Å². The van der Waals surface area contributed by atoms with Crippen molar-refractivity contribution in [3.05, 3.63) is 30.9 Å². The van der Waals surface area contributed by atoms with E-state index in [0.29, 0.717) is 24.7 Å². The number of methoxy groups -OCH3 is 1. The standard InChI is InChI=1S/C18H26BNO5/c1-7-16(21)20-14-10-13(11-15(12-14)23-9-8-22-6)19-24-17(2,3)18(4,5)25-19/h7,10-12H,1,8-9H2,2-6H3,(H,20,21). The minimum atomic E-state index is -0.546. The second kappa shape index (κ2) is 7.60. The van der Waals surface area contributed by atoms with E-state index in [-0.39, 0.29) is 5.91 Å². The first kappa shape index (κ1) is 19.5. The molecule has 0 radical (unpaired) electrons. The van der Waals surface area contributed by atoms with Crippen LogP contribution < -0.4 is 15.5 Å². The topological polar surface area (TPSA) is 66.0 Å². The van der Waals surface area contributed by atoms with Crippen molar-refractivity contribution in [2.75, 3.05) is 25.6 Å². The Kier molecular flexibility index (Phi) is 5.93. The summed E-state index contributed by atoms with van der Waals surface area (Å²) in [7, 11) is 1.07. The van der Waals surface area contributed by atoms with Crippen LogP contribution >= 0.6 is 0 Å². The summed E-state index contributed by atoms with van der Waals surface area (Å²) in [6.45, 7) is 12.3. The van der Waals surface area contributed by atoms with Crippen molar-refractivity contribution in [2.24, 2.45) is 0 Å². The van der Waals surface area contributed by atoms with Crippen LogP contribution in [0.4, 0.5) is 5.69 Å². The molecule has 1 aliphatic rings. The zero-order valence-electron chi connectivity index (χ0n) is 15.5. The molecule has 0 aliphatic carbocycles. The molecule has 1 heterocycles. The van der Waals surface area contributed by atoms with Crippen LogP contribution in [0.2, 0.25) is 0 Å². The molecule has 0 aromatic heterocycles. The lowest BCUT2D eigenvalue weighted by atomic mass is 9.78. The third-order valence-electron chi connectivity index (χ3n) is 4.46. The Labute approximate surface area is 149 Å². The number of amides is 1. The average molecular weight is 347 g/mol. The predicted molar refractivity (Wildman–Crippen MR) is 98.4 cm³/mol. The molecule has 2 rings (SSSR count). The molecule has 1 saturated heterocycles. The van der Waals surface area contributed by atoms with E-state index in [2.05, 4.69) is 11.9 Å². The summed E-state index contributed by atoms with van der Waals surface area (Å²) in [5.74, 6) is 0.303. The molecule has 1 N–H and O–H groups in total. The lowest BCUT2D eigenvalue weighted by molar-refractivity contribution is -0.111. The van der Waals surface area contributed by atoms with Gasteiger partial charge in [0.25, 0.3) is 0 Å². The van der Waals surface area contributed by atoms with E-state index < -0.39 is 18.3 Å². The number of hydrogen-bond donors (Lipinski definition) is 1. The van der Waals surface area contributed by atoms with E-state index in [9.17, 15) is 4.79 Å².